The fraction of sp³-hybridized carbons (Fsp3) is 0.0625. The van der Waals surface area contributed by atoms with Gasteiger partial charge in [0.05, 0.1) is 18.4 Å². The second-order valence-corrected chi connectivity index (χ2v) is 5.31. The molecule has 1 aromatic carbocycles. The van der Waals surface area contributed by atoms with Crippen molar-refractivity contribution in [1.29, 1.82) is 0 Å². The number of nitrogens with zero attached hydrogens (tertiary/aromatic N) is 6. The number of rotatable bonds is 4. The van der Waals surface area contributed by atoms with Gasteiger partial charge in [-0.15, -0.1) is 5.10 Å². The predicted octanol–water partition coefficient (Wildman–Crippen LogP) is 1.76. The zero-order chi connectivity index (χ0) is 17.2. The average molecular weight is 337 g/mol. The fourth-order valence-corrected chi connectivity index (χ4v) is 2.31. The quantitative estimate of drug-likeness (QED) is 0.613. The second-order valence-electron chi connectivity index (χ2n) is 5.31. The summed E-state index contributed by atoms with van der Waals surface area (Å²) in [6.07, 6.45) is 6.43. The van der Waals surface area contributed by atoms with Crippen LogP contribution in [0.1, 0.15) is 16.2 Å². The van der Waals surface area contributed by atoms with E-state index in [9.17, 15) is 9.18 Å². The first kappa shape index (κ1) is 14.9. The highest BCUT2D eigenvalue weighted by molar-refractivity contribution is 6.01. The summed E-state index contributed by atoms with van der Waals surface area (Å²) in [5, 5.41) is 10.9. The molecule has 9 heteroatoms. The van der Waals surface area contributed by atoms with Gasteiger partial charge in [0.1, 0.15) is 5.82 Å². The Hall–Kier alpha value is -3.62. The molecule has 0 unspecified atom stereocenters. The number of amides is 1. The zero-order valence-corrected chi connectivity index (χ0v) is 12.9. The molecule has 4 aromatic rings. The van der Waals surface area contributed by atoms with E-state index in [1.807, 2.05) is 0 Å². The van der Waals surface area contributed by atoms with Gasteiger partial charge < -0.3 is 5.32 Å². The van der Waals surface area contributed by atoms with Crippen molar-refractivity contribution in [3.05, 3.63) is 72.3 Å². The first-order chi connectivity index (χ1) is 12.2. The summed E-state index contributed by atoms with van der Waals surface area (Å²) >= 11 is 0. The van der Waals surface area contributed by atoms with E-state index in [2.05, 4.69) is 25.5 Å². The van der Waals surface area contributed by atoms with Gasteiger partial charge in [-0.3, -0.25) is 9.48 Å². The Morgan fingerprint density at radius 3 is 2.88 bits per heavy atom. The molecule has 0 bridgehead atoms. The van der Waals surface area contributed by atoms with E-state index in [0.717, 1.165) is 5.56 Å². The lowest BCUT2D eigenvalue weighted by molar-refractivity contribution is 0.101. The van der Waals surface area contributed by atoms with Crippen molar-refractivity contribution >= 4 is 17.4 Å². The second kappa shape index (κ2) is 6.11. The smallest absolute Gasteiger partial charge is 0.295 e. The van der Waals surface area contributed by atoms with Crippen LogP contribution in [0.15, 0.2) is 55.1 Å². The Morgan fingerprint density at radius 1 is 1.24 bits per heavy atom. The normalized spacial score (nSPS) is 10.9. The Balaban J connectivity index is 1.46. The average Bonchev–Trinajstić information content (AvgIpc) is 3.23. The molecule has 1 N–H and O–H groups in total. The lowest BCUT2D eigenvalue weighted by atomic mass is 10.2. The molecule has 3 heterocycles. The highest BCUT2D eigenvalue weighted by Gasteiger charge is 2.14. The van der Waals surface area contributed by atoms with Crippen LogP contribution in [0, 0.1) is 5.82 Å². The summed E-state index contributed by atoms with van der Waals surface area (Å²) in [5.74, 6) is -0.372. The van der Waals surface area contributed by atoms with Crippen molar-refractivity contribution in [2.24, 2.45) is 0 Å². The van der Waals surface area contributed by atoms with E-state index in [0.29, 0.717) is 18.0 Å². The van der Waals surface area contributed by atoms with Crippen LogP contribution in [-0.4, -0.2) is 35.3 Å². The lowest BCUT2D eigenvalue weighted by Crippen LogP contribution is -2.13. The standard InChI is InChI=1S/C16H12FN7O/c17-12-4-2-11(3-5-12)9-23-10-13(8-19-23)20-15(25)14-21-16-18-6-1-7-24(16)22-14/h1-8,10H,9H2,(H,20,25). The number of nitrogens with one attached hydrogen (secondary N) is 1. The van der Waals surface area contributed by atoms with E-state index < -0.39 is 5.91 Å². The van der Waals surface area contributed by atoms with Crippen molar-refractivity contribution in [2.75, 3.05) is 5.32 Å². The van der Waals surface area contributed by atoms with Crippen molar-refractivity contribution in [2.45, 2.75) is 6.54 Å². The van der Waals surface area contributed by atoms with Gasteiger partial charge in [-0.25, -0.2) is 13.9 Å². The minimum Gasteiger partial charge on any atom is -0.316 e. The molecule has 124 valence electrons. The topological polar surface area (TPSA) is 90.0 Å². The van der Waals surface area contributed by atoms with Crippen molar-refractivity contribution in [3.63, 3.8) is 0 Å². The van der Waals surface area contributed by atoms with E-state index in [1.165, 1.54) is 22.8 Å². The molecule has 0 atom stereocenters. The monoisotopic (exact) mass is 337 g/mol. The number of hydrogen-bond donors (Lipinski definition) is 1. The van der Waals surface area contributed by atoms with Gasteiger partial charge in [0, 0.05) is 18.6 Å². The highest BCUT2D eigenvalue weighted by atomic mass is 19.1. The van der Waals surface area contributed by atoms with Crippen LogP contribution in [-0.2, 0) is 6.54 Å². The summed E-state index contributed by atoms with van der Waals surface area (Å²) in [6, 6.07) is 7.85. The molecule has 0 saturated heterocycles. The molecule has 1 amide bonds. The van der Waals surface area contributed by atoms with E-state index in [1.54, 1.807) is 41.5 Å². The molecule has 8 nitrogen and oxygen atoms in total. The Morgan fingerprint density at radius 2 is 2.08 bits per heavy atom. The summed E-state index contributed by atoms with van der Waals surface area (Å²) in [4.78, 5) is 20.3. The van der Waals surface area contributed by atoms with Gasteiger partial charge >= 0.3 is 0 Å². The van der Waals surface area contributed by atoms with Crippen molar-refractivity contribution < 1.29 is 9.18 Å². The molecule has 0 aliphatic heterocycles. The maximum atomic E-state index is 12.9. The Labute approximate surface area is 141 Å². The van der Waals surface area contributed by atoms with E-state index >= 15 is 0 Å². The third-order valence-corrected chi connectivity index (χ3v) is 3.47. The number of benzene rings is 1. The minimum absolute atomic E-state index is 0.0185. The molecule has 4 rings (SSSR count). The SMILES string of the molecule is O=C(Nc1cnn(Cc2ccc(F)cc2)c1)c1nc2ncccn2n1. The third kappa shape index (κ3) is 3.20. The number of anilines is 1. The summed E-state index contributed by atoms with van der Waals surface area (Å²) in [6.45, 7) is 0.465. The highest BCUT2D eigenvalue weighted by Crippen LogP contribution is 2.10. The van der Waals surface area contributed by atoms with E-state index in [4.69, 9.17) is 0 Å². The lowest BCUT2D eigenvalue weighted by Gasteiger charge is -2.01. The minimum atomic E-state index is -0.452. The van der Waals surface area contributed by atoms with E-state index in [-0.39, 0.29) is 11.6 Å². The van der Waals surface area contributed by atoms with Gasteiger partial charge in [0.15, 0.2) is 0 Å². The van der Waals surface area contributed by atoms with Crippen LogP contribution in [0.5, 0.6) is 0 Å². The molecule has 0 aliphatic rings. The van der Waals surface area contributed by atoms with Gasteiger partial charge in [0.2, 0.25) is 5.82 Å². The summed E-state index contributed by atoms with van der Waals surface area (Å²) < 4.78 is 16.0. The van der Waals surface area contributed by atoms with Crippen LogP contribution < -0.4 is 5.32 Å². The van der Waals surface area contributed by atoms with Gasteiger partial charge in [-0.05, 0) is 23.8 Å². The summed E-state index contributed by atoms with van der Waals surface area (Å²) in [7, 11) is 0. The number of carbonyl (C=O) groups excluding carboxylic acids is 1. The number of carbonyl (C=O) groups is 1. The Kier molecular flexibility index (Phi) is 3.65. The molecule has 0 radical (unpaired) electrons. The first-order valence-electron chi connectivity index (χ1n) is 7.43. The molecule has 25 heavy (non-hydrogen) atoms. The maximum Gasteiger partial charge on any atom is 0.295 e. The first-order valence-corrected chi connectivity index (χ1v) is 7.43. The van der Waals surface area contributed by atoms with Crippen LogP contribution in [0.3, 0.4) is 0 Å². The van der Waals surface area contributed by atoms with Crippen molar-refractivity contribution in [1.82, 2.24) is 29.4 Å². The number of halogens is 1. The maximum absolute atomic E-state index is 12.9. The third-order valence-electron chi connectivity index (χ3n) is 3.47. The molecule has 0 aliphatic carbocycles. The number of fused-ring (bicyclic) bond motifs is 1. The Bertz CT molecular complexity index is 1010. The molecule has 0 saturated carbocycles. The molecular weight excluding hydrogens is 325 g/mol. The van der Waals surface area contributed by atoms with Gasteiger partial charge in [-0.2, -0.15) is 10.1 Å². The fourth-order valence-electron chi connectivity index (χ4n) is 2.31. The van der Waals surface area contributed by atoms with Gasteiger partial charge in [0.25, 0.3) is 11.7 Å². The molecule has 0 spiro atoms. The van der Waals surface area contributed by atoms with Crippen LogP contribution in [0.2, 0.25) is 0 Å². The van der Waals surface area contributed by atoms with Crippen LogP contribution in [0.4, 0.5) is 10.1 Å². The van der Waals surface area contributed by atoms with Crippen LogP contribution >= 0.6 is 0 Å². The summed E-state index contributed by atoms with van der Waals surface area (Å²) in [5.41, 5.74) is 1.41. The van der Waals surface area contributed by atoms with Crippen molar-refractivity contribution in [3.8, 4) is 0 Å². The predicted molar refractivity (Wildman–Crippen MR) is 86.5 cm³/mol. The van der Waals surface area contributed by atoms with Gasteiger partial charge in [-0.1, -0.05) is 12.1 Å². The van der Waals surface area contributed by atoms with Crippen LogP contribution in [0.25, 0.3) is 5.78 Å². The zero-order valence-electron chi connectivity index (χ0n) is 12.9. The largest absolute Gasteiger partial charge is 0.316 e. The number of aromatic nitrogens is 6. The number of hydrogen-bond acceptors (Lipinski definition) is 5. The molecule has 0 fully saturated rings. The molecular formula is C16H12FN7O. The molecule has 3 aromatic heterocycles.